The molecule has 2 aliphatic rings. The summed E-state index contributed by atoms with van der Waals surface area (Å²) in [7, 11) is 12.3. The van der Waals surface area contributed by atoms with Gasteiger partial charge in [0, 0.05) is 0 Å². The summed E-state index contributed by atoms with van der Waals surface area (Å²) in [6.07, 6.45) is 3.53. The molecule has 1 heterocycles. The predicted octanol–water partition coefficient (Wildman–Crippen LogP) is 9.48. The summed E-state index contributed by atoms with van der Waals surface area (Å²) in [5, 5.41) is 6.08. The Balaban J connectivity index is 1.49. The number of hydrogen-bond acceptors (Lipinski definition) is 0. The van der Waals surface area contributed by atoms with Gasteiger partial charge in [-0.15, -0.1) is 0 Å². The molecule has 0 spiro atoms. The molecule has 0 bridgehead atoms. The molecule has 1 atom stereocenters. The molecule has 1 aliphatic heterocycles. The van der Waals surface area contributed by atoms with Gasteiger partial charge < -0.3 is 0 Å². The molecule has 0 aromatic heterocycles. The second kappa shape index (κ2) is 13.2. The quantitative estimate of drug-likeness (QED) is 0.135. The van der Waals surface area contributed by atoms with Gasteiger partial charge in [-0.1, -0.05) is 0 Å². The fourth-order valence-corrected chi connectivity index (χ4v) is 27.3. The van der Waals surface area contributed by atoms with Crippen molar-refractivity contribution in [2.45, 2.75) is 63.2 Å². The Bertz CT molecular complexity index is 2070. The van der Waals surface area contributed by atoms with Crippen LogP contribution in [0.4, 0.5) is 0 Å². The van der Waals surface area contributed by atoms with Crippen LogP contribution in [0.5, 0.6) is 0 Å². The topological polar surface area (TPSA) is 0 Å². The Morgan fingerprint density at radius 3 is 1.96 bits per heavy atom. The Morgan fingerprint density at radius 1 is 0.673 bits per heavy atom. The second-order valence-corrected chi connectivity index (χ2v) is 42.7. The van der Waals surface area contributed by atoms with Crippen LogP contribution >= 0.6 is 17.0 Å². The van der Waals surface area contributed by atoms with Crippen molar-refractivity contribution in [1.82, 2.24) is 0 Å². The van der Waals surface area contributed by atoms with Gasteiger partial charge in [-0.05, 0) is 0 Å². The van der Waals surface area contributed by atoms with Crippen molar-refractivity contribution in [1.29, 1.82) is 0 Å². The van der Waals surface area contributed by atoms with E-state index in [0.29, 0.717) is 5.92 Å². The summed E-state index contributed by atoms with van der Waals surface area (Å²) in [5.74, 6) is 0.504. The first-order valence-corrected chi connectivity index (χ1v) is 35.2. The SMILES string of the molecule is CC(C)CC1=Cc2c(ccc(-c3ccccc3)c2-c2cc([Si](C)(C)C)cc([Si](C)(C)C)c2)[CH]1[Zr]([Cl])([Cl])[c]1cccc2c1[SiH2]c1ccccc1-2. The summed E-state index contributed by atoms with van der Waals surface area (Å²) < 4.78 is 1.38. The van der Waals surface area contributed by atoms with Crippen LogP contribution in [0.1, 0.15) is 35.0 Å². The van der Waals surface area contributed by atoms with E-state index in [1.54, 1.807) is 0 Å². The number of halogens is 2. The molecule has 49 heavy (non-hydrogen) atoms. The molecule has 0 N–H and O–H groups in total. The van der Waals surface area contributed by atoms with Crippen LogP contribution in [0.15, 0.2) is 109 Å². The zero-order valence-corrected chi connectivity index (χ0v) is 37.6. The van der Waals surface area contributed by atoms with E-state index in [-0.39, 0.29) is 3.63 Å². The maximum atomic E-state index is 8.09. The molecule has 250 valence electrons. The molecule has 6 heteroatoms. The summed E-state index contributed by atoms with van der Waals surface area (Å²) in [4.78, 5) is 0. The summed E-state index contributed by atoms with van der Waals surface area (Å²) in [6.45, 7) is 19.5. The van der Waals surface area contributed by atoms with E-state index >= 15 is 0 Å². The molecule has 0 saturated carbocycles. The third-order valence-corrected chi connectivity index (χ3v) is 28.9. The molecule has 0 radical (unpaired) electrons. The van der Waals surface area contributed by atoms with E-state index in [1.165, 1.54) is 74.1 Å². The molecular weight excluding hydrogens is 763 g/mol. The van der Waals surface area contributed by atoms with Crippen molar-refractivity contribution in [2.75, 3.05) is 0 Å². The third kappa shape index (κ3) is 6.60. The van der Waals surface area contributed by atoms with E-state index in [2.05, 4.69) is 162 Å². The van der Waals surface area contributed by atoms with Gasteiger partial charge in [0.2, 0.25) is 0 Å². The number of rotatable bonds is 8. The normalized spacial score (nSPS) is 16.1. The van der Waals surface area contributed by atoms with Gasteiger partial charge in [-0.25, -0.2) is 0 Å². The fraction of sp³-hybridized carbons (Fsp3) is 0.256. The zero-order chi connectivity index (χ0) is 34.9. The molecule has 0 nitrogen and oxygen atoms in total. The van der Waals surface area contributed by atoms with Gasteiger partial charge in [-0.3, -0.25) is 0 Å². The standard InChI is InChI=1S/C31H39Si2.C12H9Si.2ClH.Zr/c1-22(2)16-23-17-25-14-15-29(24-12-10-9-11-13-24)31(30(25)18-23)26-19-27(32(3,4)5)21-28(20-26)33(6,7)8;1-3-7-11-9(5-1)10-6-2-4-8-12(10)13-11;;;/h9-15,17-22H,16H2,1-8H3;1-7H,13H2;2*1H;/q;;;;+2/p-2. The molecule has 5 aromatic rings. The van der Waals surface area contributed by atoms with Gasteiger partial charge in [0.15, 0.2) is 0 Å². The summed E-state index contributed by atoms with van der Waals surface area (Å²) >= 11 is -4.12. The van der Waals surface area contributed by atoms with Crippen LogP contribution in [-0.4, -0.2) is 25.7 Å². The average molecular weight is 811 g/mol. The van der Waals surface area contributed by atoms with Crippen LogP contribution < -0.4 is 24.0 Å². The minimum absolute atomic E-state index is 0.0689. The number of benzene rings is 5. The van der Waals surface area contributed by atoms with Gasteiger partial charge in [0.25, 0.3) is 0 Å². The van der Waals surface area contributed by atoms with E-state index in [9.17, 15) is 0 Å². The first-order valence-electron chi connectivity index (χ1n) is 17.8. The van der Waals surface area contributed by atoms with Gasteiger partial charge in [0.1, 0.15) is 0 Å². The fourth-order valence-electron chi connectivity index (χ4n) is 8.02. The van der Waals surface area contributed by atoms with Gasteiger partial charge >= 0.3 is 313 Å². The predicted molar refractivity (Wildman–Crippen MR) is 224 cm³/mol. The molecule has 0 fully saturated rings. The molecule has 5 aromatic carbocycles. The van der Waals surface area contributed by atoms with E-state index in [1.807, 2.05) is 0 Å². The minimum atomic E-state index is -4.12. The Morgan fingerprint density at radius 2 is 1.31 bits per heavy atom. The van der Waals surface area contributed by atoms with Crippen LogP contribution in [0.25, 0.3) is 39.5 Å². The van der Waals surface area contributed by atoms with Crippen molar-refractivity contribution < 1.29 is 17.9 Å². The first-order chi connectivity index (χ1) is 23.1. The zero-order valence-electron chi connectivity index (χ0n) is 30.2. The monoisotopic (exact) mass is 808 g/mol. The van der Waals surface area contributed by atoms with Crippen molar-refractivity contribution in [2.24, 2.45) is 5.92 Å². The van der Waals surface area contributed by atoms with Crippen molar-refractivity contribution >= 4 is 72.8 Å². The van der Waals surface area contributed by atoms with E-state index in [0.717, 1.165) is 6.42 Å². The summed E-state index contributed by atoms with van der Waals surface area (Å²) in [6, 6.07) is 39.1. The number of hydrogen-bond donors (Lipinski definition) is 0. The van der Waals surface area contributed by atoms with E-state index in [4.69, 9.17) is 17.0 Å². The molecular formula is C43H48Cl2Si3Zr. The molecule has 1 aliphatic carbocycles. The average Bonchev–Trinajstić information content (AvgIpc) is 3.61. The molecule has 0 saturated heterocycles. The van der Waals surface area contributed by atoms with E-state index < -0.39 is 43.5 Å². The Kier molecular flexibility index (Phi) is 9.51. The van der Waals surface area contributed by atoms with Gasteiger partial charge in [0.05, 0.1) is 0 Å². The van der Waals surface area contributed by atoms with Crippen LogP contribution in [-0.2, 0) is 17.9 Å². The second-order valence-electron chi connectivity index (χ2n) is 16.7. The van der Waals surface area contributed by atoms with Crippen LogP contribution in [0.3, 0.4) is 0 Å². The van der Waals surface area contributed by atoms with Crippen molar-refractivity contribution in [3.05, 3.63) is 120 Å². The number of allylic oxidation sites excluding steroid dienone is 1. The van der Waals surface area contributed by atoms with Crippen molar-refractivity contribution in [3.8, 4) is 33.4 Å². The Labute approximate surface area is 310 Å². The summed E-state index contributed by atoms with van der Waals surface area (Å²) in [5.41, 5.74) is 12.1. The maximum absolute atomic E-state index is 8.09. The van der Waals surface area contributed by atoms with Crippen LogP contribution in [0.2, 0.25) is 39.3 Å². The molecule has 7 rings (SSSR count). The third-order valence-electron chi connectivity index (χ3n) is 10.5. The van der Waals surface area contributed by atoms with Crippen LogP contribution in [0, 0.1) is 5.92 Å². The Hall–Kier alpha value is -2.05. The first kappa shape index (κ1) is 35.4. The molecule has 0 amide bonds. The van der Waals surface area contributed by atoms with Gasteiger partial charge in [-0.2, -0.15) is 0 Å². The van der Waals surface area contributed by atoms with Crippen molar-refractivity contribution in [3.63, 3.8) is 0 Å². The molecule has 1 unspecified atom stereocenters. The number of fused-ring (bicyclic) bond motifs is 4.